The Balaban J connectivity index is 0.00000192. The van der Waals surface area contributed by atoms with Crippen molar-refractivity contribution >= 4 is 18.7 Å². The first-order valence-corrected chi connectivity index (χ1v) is 7.84. The smallest absolute Gasteiger partial charge is 0.241 e. The number of carbonyl (C=O) groups excluding carboxylic acids is 1. The highest BCUT2D eigenvalue weighted by Gasteiger charge is 2.20. The summed E-state index contributed by atoms with van der Waals surface area (Å²) < 4.78 is 5.36. The molecule has 1 fully saturated rings. The Morgan fingerprint density at radius 2 is 1.91 bits per heavy atom. The van der Waals surface area contributed by atoms with Crippen molar-refractivity contribution in [2.45, 2.75) is 44.7 Å². The molecular weight excluding hydrogens is 314 g/mol. The number of aldehydes is 1. The highest BCUT2D eigenvalue weighted by molar-refractivity contribution is 5.85. The van der Waals surface area contributed by atoms with Crippen LogP contribution in [0.25, 0.3) is 11.4 Å². The normalized spacial score (nSPS) is 15.4. The van der Waals surface area contributed by atoms with E-state index in [0.717, 1.165) is 11.8 Å². The molecule has 124 valence electrons. The number of aromatic nitrogens is 2. The number of rotatable bonds is 5. The van der Waals surface area contributed by atoms with Gasteiger partial charge in [0.05, 0.1) is 6.54 Å². The Morgan fingerprint density at radius 3 is 2.57 bits per heavy atom. The number of hydrogen-bond donors (Lipinski definition) is 0. The Morgan fingerprint density at radius 1 is 1.22 bits per heavy atom. The lowest BCUT2D eigenvalue weighted by Gasteiger charge is -2.29. The van der Waals surface area contributed by atoms with Crippen LogP contribution in [-0.4, -0.2) is 34.4 Å². The van der Waals surface area contributed by atoms with E-state index in [9.17, 15) is 4.79 Å². The van der Waals surface area contributed by atoms with Crippen LogP contribution in [0.4, 0.5) is 0 Å². The van der Waals surface area contributed by atoms with Gasteiger partial charge in [0, 0.05) is 17.2 Å². The lowest BCUT2D eigenvalue weighted by atomic mass is 9.94. The molecule has 1 saturated carbocycles. The minimum atomic E-state index is 0. The third-order valence-electron chi connectivity index (χ3n) is 4.36. The zero-order valence-electron chi connectivity index (χ0n) is 13.3. The summed E-state index contributed by atoms with van der Waals surface area (Å²) in [7, 11) is 2.12. The average Bonchev–Trinajstić information content (AvgIpc) is 3.04. The highest BCUT2D eigenvalue weighted by Crippen LogP contribution is 2.23. The van der Waals surface area contributed by atoms with Gasteiger partial charge in [-0.15, -0.1) is 12.4 Å². The summed E-state index contributed by atoms with van der Waals surface area (Å²) in [5.74, 6) is 1.21. The zero-order chi connectivity index (χ0) is 15.4. The van der Waals surface area contributed by atoms with Gasteiger partial charge in [0.2, 0.25) is 11.7 Å². The van der Waals surface area contributed by atoms with E-state index in [1.165, 1.54) is 32.1 Å². The van der Waals surface area contributed by atoms with Gasteiger partial charge >= 0.3 is 0 Å². The number of benzene rings is 1. The Kier molecular flexibility index (Phi) is 6.30. The van der Waals surface area contributed by atoms with E-state index < -0.39 is 0 Å². The van der Waals surface area contributed by atoms with Gasteiger partial charge in [-0.3, -0.25) is 9.69 Å². The van der Waals surface area contributed by atoms with Crippen LogP contribution >= 0.6 is 12.4 Å². The van der Waals surface area contributed by atoms with E-state index in [4.69, 9.17) is 4.52 Å². The van der Waals surface area contributed by atoms with Crippen LogP contribution in [0, 0.1) is 0 Å². The molecule has 0 spiro atoms. The molecule has 0 saturated heterocycles. The summed E-state index contributed by atoms with van der Waals surface area (Å²) in [6.07, 6.45) is 7.31. The minimum Gasteiger partial charge on any atom is -0.338 e. The fourth-order valence-electron chi connectivity index (χ4n) is 3.01. The van der Waals surface area contributed by atoms with Gasteiger partial charge in [0.15, 0.2) is 0 Å². The summed E-state index contributed by atoms with van der Waals surface area (Å²) in [6.45, 7) is 0.685. The van der Waals surface area contributed by atoms with E-state index in [1.807, 2.05) is 12.1 Å². The highest BCUT2D eigenvalue weighted by atomic mass is 35.5. The van der Waals surface area contributed by atoms with E-state index in [0.29, 0.717) is 29.9 Å². The lowest BCUT2D eigenvalue weighted by molar-refractivity contribution is 0.112. The van der Waals surface area contributed by atoms with E-state index in [-0.39, 0.29) is 12.4 Å². The first kappa shape index (κ1) is 17.6. The fraction of sp³-hybridized carbons (Fsp3) is 0.471. The van der Waals surface area contributed by atoms with Gasteiger partial charge in [0.25, 0.3) is 0 Å². The standard InChI is InChI=1S/C17H21N3O2.ClH/c1-20(15-5-3-2-4-6-15)11-16-18-17(19-22-16)14-9-7-13(12-21)8-10-14;/h7-10,12,15H,2-6,11H2,1H3;1H. The molecule has 0 atom stereocenters. The van der Waals surface area contributed by atoms with Crippen LogP contribution in [0.1, 0.15) is 48.4 Å². The molecule has 0 N–H and O–H groups in total. The molecule has 0 bridgehead atoms. The topological polar surface area (TPSA) is 59.2 Å². The molecule has 1 aromatic carbocycles. The summed E-state index contributed by atoms with van der Waals surface area (Å²) in [5, 5.41) is 4.04. The SMILES string of the molecule is CN(Cc1nc(-c2ccc(C=O)cc2)no1)C1CCCCC1.Cl. The number of hydrogen-bond acceptors (Lipinski definition) is 5. The maximum absolute atomic E-state index is 10.7. The summed E-state index contributed by atoms with van der Waals surface area (Å²) in [5.41, 5.74) is 1.51. The lowest BCUT2D eigenvalue weighted by Crippen LogP contribution is -2.32. The van der Waals surface area contributed by atoms with E-state index >= 15 is 0 Å². The van der Waals surface area contributed by atoms with E-state index in [1.54, 1.807) is 12.1 Å². The van der Waals surface area contributed by atoms with Gasteiger partial charge < -0.3 is 4.52 Å². The molecule has 0 amide bonds. The van der Waals surface area contributed by atoms with Gasteiger partial charge in [-0.05, 0) is 19.9 Å². The van der Waals surface area contributed by atoms with Crippen LogP contribution in [-0.2, 0) is 6.54 Å². The van der Waals surface area contributed by atoms with Gasteiger partial charge in [-0.1, -0.05) is 48.7 Å². The van der Waals surface area contributed by atoms with Crippen molar-refractivity contribution < 1.29 is 9.32 Å². The Hall–Kier alpha value is -1.72. The van der Waals surface area contributed by atoms with Gasteiger partial charge in [-0.25, -0.2) is 0 Å². The monoisotopic (exact) mass is 335 g/mol. The number of carbonyl (C=O) groups is 1. The predicted molar refractivity (Wildman–Crippen MR) is 90.7 cm³/mol. The molecule has 0 radical (unpaired) electrons. The van der Waals surface area contributed by atoms with E-state index in [2.05, 4.69) is 22.1 Å². The molecule has 1 aliphatic carbocycles. The van der Waals surface area contributed by atoms with Crippen molar-refractivity contribution in [2.24, 2.45) is 0 Å². The molecule has 5 nitrogen and oxygen atoms in total. The van der Waals surface area contributed by atoms with Crippen molar-refractivity contribution in [3.63, 3.8) is 0 Å². The van der Waals surface area contributed by atoms with Crippen LogP contribution in [0.15, 0.2) is 28.8 Å². The van der Waals surface area contributed by atoms with Crippen LogP contribution < -0.4 is 0 Å². The van der Waals surface area contributed by atoms with Gasteiger partial charge in [0.1, 0.15) is 6.29 Å². The third kappa shape index (κ3) is 4.39. The summed E-state index contributed by atoms with van der Waals surface area (Å²) in [4.78, 5) is 17.4. The maximum Gasteiger partial charge on any atom is 0.241 e. The van der Waals surface area contributed by atoms with Crippen LogP contribution in [0.5, 0.6) is 0 Å². The molecular formula is C17H22ClN3O2. The van der Waals surface area contributed by atoms with Crippen molar-refractivity contribution in [1.29, 1.82) is 0 Å². The first-order chi connectivity index (χ1) is 10.8. The maximum atomic E-state index is 10.7. The second-order valence-electron chi connectivity index (χ2n) is 5.96. The number of nitrogens with zero attached hydrogens (tertiary/aromatic N) is 3. The second kappa shape index (κ2) is 8.22. The van der Waals surface area contributed by atoms with Crippen LogP contribution in [0.2, 0.25) is 0 Å². The molecule has 23 heavy (non-hydrogen) atoms. The fourth-order valence-corrected chi connectivity index (χ4v) is 3.01. The largest absolute Gasteiger partial charge is 0.338 e. The molecule has 0 unspecified atom stereocenters. The molecule has 3 rings (SSSR count). The first-order valence-electron chi connectivity index (χ1n) is 7.84. The second-order valence-corrected chi connectivity index (χ2v) is 5.96. The molecule has 1 aliphatic rings. The summed E-state index contributed by atoms with van der Waals surface area (Å²) in [6, 6.07) is 7.81. The average molecular weight is 336 g/mol. The Labute approximate surface area is 142 Å². The zero-order valence-corrected chi connectivity index (χ0v) is 14.1. The van der Waals surface area contributed by atoms with Crippen molar-refractivity contribution in [1.82, 2.24) is 15.0 Å². The number of halogens is 1. The van der Waals surface area contributed by atoms with Gasteiger partial charge in [-0.2, -0.15) is 4.98 Å². The predicted octanol–water partition coefficient (Wildman–Crippen LogP) is 3.74. The summed E-state index contributed by atoms with van der Waals surface area (Å²) >= 11 is 0. The van der Waals surface area contributed by atoms with Crippen molar-refractivity contribution in [3.05, 3.63) is 35.7 Å². The molecule has 1 heterocycles. The van der Waals surface area contributed by atoms with Crippen molar-refractivity contribution in [2.75, 3.05) is 7.05 Å². The molecule has 2 aromatic rings. The quantitative estimate of drug-likeness (QED) is 0.779. The van der Waals surface area contributed by atoms with Crippen molar-refractivity contribution in [3.8, 4) is 11.4 Å². The third-order valence-corrected chi connectivity index (χ3v) is 4.36. The van der Waals surface area contributed by atoms with Crippen LogP contribution in [0.3, 0.4) is 0 Å². The molecule has 0 aliphatic heterocycles. The molecule has 1 aromatic heterocycles. The minimum absolute atomic E-state index is 0. The molecule has 6 heteroatoms. The Bertz CT molecular complexity index is 621.